The fourth-order valence-corrected chi connectivity index (χ4v) is 6.93. The van der Waals surface area contributed by atoms with Crippen molar-refractivity contribution >= 4 is 23.3 Å². The summed E-state index contributed by atoms with van der Waals surface area (Å²) in [5.74, 6) is -0.592. The van der Waals surface area contributed by atoms with Crippen molar-refractivity contribution in [1.29, 1.82) is 0 Å². The normalized spacial score (nSPS) is 11.4. The van der Waals surface area contributed by atoms with Crippen LogP contribution in [0.5, 0.6) is 11.5 Å². The average Bonchev–Trinajstić information content (AvgIpc) is 3.19. The Balaban J connectivity index is 0.000000846. The van der Waals surface area contributed by atoms with Gasteiger partial charge in [0.1, 0.15) is 0 Å². The van der Waals surface area contributed by atoms with Crippen LogP contribution >= 0.6 is 0 Å². The molecule has 0 spiro atoms. The summed E-state index contributed by atoms with van der Waals surface area (Å²) in [7, 11) is 0. The van der Waals surface area contributed by atoms with E-state index in [4.69, 9.17) is 9.98 Å². The van der Waals surface area contributed by atoms with Crippen LogP contribution in [-0.2, 0) is 42.2 Å². The monoisotopic (exact) mass is 795 g/mol. The summed E-state index contributed by atoms with van der Waals surface area (Å²) in [4.78, 5) is 9.75. The zero-order valence-electron chi connectivity index (χ0n) is 35.8. The molecule has 0 aliphatic carbocycles. The van der Waals surface area contributed by atoms with Crippen LogP contribution in [0.2, 0.25) is 0 Å². The topological polar surface area (TPSA) is 70.8 Å². The molecule has 3 aromatic rings. The Morgan fingerprint density at radius 1 is 0.527 bits per heavy atom. The minimum atomic E-state index is -0.304. The van der Waals surface area contributed by atoms with E-state index in [0.717, 1.165) is 48.3 Å². The SMILES string of the molecule is CCCCCCCCCCc1ccc(N=CC(CCCC)=Nc2ccc(CCCCCCCCCC)cc2)cc1.CCCc1c(C)cc(CC)c([O-])c1[O-].[Ni+2]. The van der Waals surface area contributed by atoms with Crippen molar-refractivity contribution in [2.24, 2.45) is 9.98 Å². The van der Waals surface area contributed by atoms with Gasteiger partial charge in [0.25, 0.3) is 0 Å². The standard InChI is InChI=1S/C38H60N2.C12H18O2.Ni/c1-4-7-10-12-14-16-18-20-22-34-25-29-36(30-26-34)39-33-38(24-9-6-3)40-37-31-27-35(28-32-37)23-21-19-17-15-13-11-8-5-2;1-4-6-10-8(3)7-9(5-2)11(13)12(10)14;/h25-33H,4-24H2,1-3H3;7,13-14H,4-6H2,1-3H3;/q;;+2/p-2. The Labute approximate surface area is 348 Å². The van der Waals surface area contributed by atoms with Crippen LogP contribution in [-0.4, -0.2) is 11.9 Å². The zero-order valence-corrected chi connectivity index (χ0v) is 36.8. The summed E-state index contributed by atoms with van der Waals surface area (Å²) < 4.78 is 0. The molecule has 0 bridgehead atoms. The smallest absolute Gasteiger partial charge is 0.873 e. The molecule has 0 radical (unpaired) electrons. The second kappa shape index (κ2) is 32.2. The van der Waals surface area contributed by atoms with Gasteiger partial charge in [-0.05, 0) is 99.2 Å². The molecule has 3 rings (SSSR count). The molecule has 0 unspecified atom stereocenters. The van der Waals surface area contributed by atoms with Gasteiger partial charge in [-0.3, -0.25) is 9.98 Å². The molecule has 0 amide bonds. The maximum Gasteiger partial charge on any atom is 2.00 e. The summed E-state index contributed by atoms with van der Waals surface area (Å²) in [6.07, 6.45) is 31.8. The number of aryl methyl sites for hydroxylation is 4. The Morgan fingerprint density at radius 3 is 1.44 bits per heavy atom. The predicted octanol–water partition coefficient (Wildman–Crippen LogP) is 14.4. The second-order valence-electron chi connectivity index (χ2n) is 15.3. The van der Waals surface area contributed by atoms with Gasteiger partial charge < -0.3 is 10.2 Å². The van der Waals surface area contributed by atoms with Crippen molar-refractivity contribution in [3.05, 3.63) is 82.4 Å². The predicted molar refractivity (Wildman–Crippen MR) is 234 cm³/mol. The molecule has 0 aliphatic heterocycles. The Bertz CT molecular complexity index is 1450. The fourth-order valence-electron chi connectivity index (χ4n) is 6.93. The summed E-state index contributed by atoms with van der Waals surface area (Å²) in [5, 5.41) is 23.2. The van der Waals surface area contributed by atoms with Gasteiger partial charge in [-0.15, -0.1) is 11.5 Å². The van der Waals surface area contributed by atoms with E-state index in [1.165, 1.54) is 127 Å². The van der Waals surface area contributed by atoms with Gasteiger partial charge in [-0.2, -0.15) is 0 Å². The molecule has 308 valence electrons. The van der Waals surface area contributed by atoms with E-state index in [0.29, 0.717) is 24.0 Å². The molecule has 3 aromatic carbocycles. The Hall–Kier alpha value is -2.91. The van der Waals surface area contributed by atoms with E-state index in [1.807, 2.05) is 33.1 Å². The second-order valence-corrected chi connectivity index (χ2v) is 15.3. The van der Waals surface area contributed by atoms with Crippen LogP contribution in [0.4, 0.5) is 11.4 Å². The third kappa shape index (κ3) is 21.8. The molecule has 0 heterocycles. The minimum absolute atomic E-state index is 0. The number of nitrogens with zero attached hydrogens (tertiary/aromatic N) is 2. The van der Waals surface area contributed by atoms with E-state index in [1.54, 1.807) is 0 Å². The minimum Gasteiger partial charge on any atom is -0.873 e. The summed E-state index contributed by atoms with van der Waals surface area (Å²) in [6, 6.07) is 19.6. The van der Waals surface area contributed by atoms with Gasteiger partial charge in [0, 0.05) is 6.21 Å². The van der Waals surface area contributed by atoms with Crippen LogP contribution in [0, 0.1) is 6.92 Å². The zero-order chi connectivity index (χ0) is 39.2. The molecule has 0 saturated carbocycles. The van der Waals surface area contributed by atoms with Gasteiger partial charge in [0.15, 0.2) is 0 Å². The molecule has 0 aliphatic rings. The largest absolute Gasteiger partial charge is 2.00 e. The quantitative estimate of drug-likeness (QED) is 0.0438. The third-order valence-electron chi connectivity index (χ3n) is 10.5. The van der Waals surface area contributed by atoms with Gasteiger partial charge in [-0.25, -0.2) is 0 Å². The first-order chi connectivity index (χ1) is 26.4. The molecule has 5 heteroatoms. The maximum absolute atomic E-state index is 11.6. The molecule has 0 atom stereocenters. The van der Waals surface area contributed by atoms with Gasteiger partial charge in [0.2, 0.25) is 0 Å². The summed E-state index contributed by atoms with van der Waals surface area (Å²) >= 11 is 0. The summed E-state index contributed by atoms with van der Waals surface area (Å²) in [5.41, 5.74) is 8.30. The van der Waals surface area contributed by atoms with Crippen LogP contribution < -0.4 is 10.2 Å². The Kier molecular flexibility index (Phi) is 29.3. The van der Waals surface area contributed by atoms with Crippen molar-refractivity contribution in [1.82, 2.24) is 0 Å². The fraction of sp³-hybridized carbons (Fsp3) is 0.600. The van der Waals surface area contributed by atoms with Crippen LogP contribution in [0.25, 0.3) is 0 Å². The molecule has 4 nitrogen and oxygen atoms in total. The van der Waals surface area contributed by atoms with E-state index in [2.05, 4.69) is 69.3 Å². The van der Waals surface area contributed by atoms with Gasteiger partial charge in [-0.1, -0.05) is 179 Å². The molecule has 0 aromatic heterocycles. The van der Waals surface area contributed by atoms with E-state index in [-0.39, 0.29) is 28.0 Å². The third-order valence-corrected chi connectivity index (χ3v) is 10.5. The number of hydrogen-bond donors (Lipinski definition) is 0. The van der Waals surface area contributed by atoms with Gasteiger partial charge in [0.05, 0.1) is 17.1 Å². The first-order valence-corrected chi connectivity index (χ1v) is 22.1. The van der Waals surface area contributed by atoms with E-state index < -0.39 is 0 Å². The molecule has 0 N–H and O–H groups in total. The molecule has 0 saturated heterocycles. The first-order valence-electron chi connectivity index (χ1n) is 22.1. The van der Waals surface area contributed by atoms with Crippen molar-refractivity contribution in [3.8, 4) is 11.5 Å². The van der Waals surface area contributed by atoms with Crippen LogP contribution in [0.15, 0.2) is 64.6 Å². The van der Waals surface area contributed by atoms with Gasteiger partial charge >= 0.3 is 16.5 Å². The maximum atomic E-state index is 11.6. The summed E-state index contributed by atoms with van der Waals surface area (Å²) in [6.45, 7) is 12.6. The van der Waals surface area contributed by atoms with Crippen molar-refractivity contribution < 1.29 is 26.7 Å². The van der Waals surface area contributed by atoms with E-state index >= 15 is 0 Å². The average molecular weight is 796 g/mol. The van der Waals surface area contributed by atoms with Crippen molar-refractivity contribution in [2.75, 3.05) is 0 Å². The number of hydrogen-bond acceptors (Lipinski definition) is 4. The Morgan fingerprint density at radius 2 is 0.982 bits per heavy atom. The van der Waals surface area contributed by atoms with Crippen molar-refractivity contribution in [3.63, 3.8) is 0 Å². The molecular weight excluding hydrogens is 719 g/mol. The number of unbranched alkanes of at least 4 members (excludes halogenated alkanes) is 15. The van der Waals surface area contributed by atoms with Crippen LogP contribution in [0.1, 0.15) is 191 Å². The number of rotatable bonds is 27. The molecule has 0 fully saturated rings. The number of benzene rings is 3. The number of aliphatic imine (C=N–C) groups is 2. The molecular formula is C50H76N2NiO2. The first kappa shape index (κ1) is 50.1. The van der Waals surface area contributed by atoms with E-state index in [9.17, 15) is 10.2 Å². The molecule has 55 heavy (non-hydrogen) atoms. The van der Waals surface area contributed by atoms with Crippen molar-refractivity contribution in [2.45, 2.75) is 196 Å². The van der Waals surface area contributed by atoms with Crippen LogP contribution in [0.3, 0.4) is 0 Å².